The van der Waals surface area contributed by atoms with E-state index in [0.717, 1.165) is 36.8 Å². The van der Waals surface area contributed by atoms with Crippen molar-refractivity contribution in [1.29, 1.82) is 0 Å². The van der Waals surface area contributed by atoms with Crippen LogP contribution in [-0.2, 0) is 23.0 Å². The highest BCUT2D eigenvalue weighted by Crippen LogP contribution is 2.32. The first-order valence-corrected chi connectivity index (χ1v) is 12.4. The van der Waals surface area contributed by atoms with Crippen molar-refractivity contribution >= 4 is 21.6 Å². The average molecular weight is 442 g/mol. The summed E-state index contributed by atoms with van der Waals surface area (Å²) in [5.74, 6) is 0.707. The van der Waals surface area contributed by atoms with Crippen molar-refractivity contribution in [2.24, 2.45) is 5.92 Å². The number of benzene rings is 2. The number of carbonyl (C=O) groups is 1. The Morgan fingerprint density at radius 2 is 1.84 bits per heavy atom. The van der Waals surface area contributed by atoms with Gasteiger partial charge in [0.25, 0.3) is 5.91 Å². The smallest absolute Gasteiger partial charge is 0.258 e. The SMILES string of the molecule is C[C@H]1CCCN(Cc2ccc(C(=O)N3CCc4cc(S(=O)(=O)N(C)C)ccc43)cc2)C1. The molecule has 0 bridgehead atoms. The summed E-state index contributed by atoms with van der Waals surface area (Å²) >= 11 is 0. The molecule has 2 aliphatic rings. The normalized spacial score (nSPS) is 19.6. The van der Waals surface area contributed by atoms with Gasteiger partial charge in [0.1, 0.15) is 0 Å². The molecule has 2 aromatic rings. The lowest BCUT2D eigenvalue weighted by molar-refractivity contribution is 0.0989. The van der Waals surface area contributed by atoms with E-state index in [1.54, 1.807) is 23.1 Å². The molecular weight excluding hydrogens is 410 g/mol. The molecule has 2 aromatic carbocycles. The first-order valence-electron chi connectivity index (χ1n) is 10.9. The number of nitrogens with zero attached hydrogens (tertiary/aromatic N) is 3. The Kier molecular flexibility index (Phi) is 6.19. The van der Waals surface area contributed by atoms with Gasteiger partial charge in [0.15, 0.2) is 0 Å². The van der Waals surface area contributed by atoms with Crippen LogP contribution in [0.2, 0.25) is 0 Å². The number of hydrogen-bond donors (Lipinski definition) is 0. The largest absolute Gasteiger partial charge is 0.308 e. The van der Waals surface area contributed by atoms with Gasteiger partial charge < -0.3 is 4.90 Å². The maximum Gasteiger partial charge on any atom is 0.258 e. The number of carbonyl (C=O) groups excluding carboxylic acids is 1. The lowest BCUT2D eigenvalue weighted by atomic mass is 9.99. The highest BCUT2D eigenvalue weighted by molar-refractivity contribution is 7.89. The van der Waals surface area contributed by atoms with E-state index in [0.29, 0.717) is 18.5 Å². The van der Waals surface area contributed by atoms with Gasteiger partial charge >= 0.3 is 0 Å². The van der Waals surface area contributed by atoms with Crippen molar-refractivity contribution < 1.29 is 13.2 Å². The summed E-state index contributed by atoms with van der Waals surface area (Å²) in [5.41, 5.74) is 3.58. The molecule has 6 nitrogen and oxygen atoms in total. The van der Waals surface area contributed by atoms with Crippen LogP contribution in [0.4, 0.5) is 5.69 Å². The molecule has 1 saturated heterocycles. The molecule has 31 heavy (non-hydrogen) atoms. The van der Waals surface area contributed by atoms with Crippen molar-refractivity contribution in [3.8, 4) is 0 Å². The quantitative estimate of drug-likeness (QED) is 0.714. The van der Waals surface area contributed by atoms with Gasteiger partial charge in [-0.3, -0.25) is 9.69 Å². The zero-order valence-corrected chi connectivity index (χ0v) is 19.4. The Morgan fingerprint density at radius 1 is 1.10 bits per heavy atom. The molecule has 0 spiro atoms. The zero-order valence-electron chi connectivity index (χ0n) is 18.5. The van der Waals surface area contributed by atoms with E-state index >= 15 is 0 Å². The van der Waals surface area contributed by atoms with E-state index in [1.807, 2.05) is 12.1 Å². The molecule has 2 heterocycles. The number of amides is 1. The monoisotopic (exact) mass is 441 g/mol. The fourth-order valence-corrected chi connectivity index (χ4v) is 5.51. The summed E-state index contributed by atoms with van der Waals surface area (Å²) in [4.78, 5) is 17.6. The lowest BCUT2D eigenvalue weighted by Gasteiger charge is -2.30. The van der Waals surface area contributed by atoms with Crippen LogP contribution in [0.1, 0.15) is 41.3 Å². The van der Waals surface area contributed by atoms with Gasteiger partial charge in [0.2, 0.25) is 10.0 Å². The molecule has 7 heteroatoms. The predicted octanol–water partition coefficient (Wildman–Crippen LogP) is 3.37. The number of likely N-dealkylation sites (tertiary alicyclic amines) is 1. The van der Waals surface area contributed by atoms with E-state index < -0.39 is 10.0 Å². The van der Waals surface area contributed by atoms with Gasteiger partial charge in [-0.25, -0.2) is 12.7 Å². The van der Waals surface area contributed by atoms with Crippen molar-refractivity contribution in [3.05, 3.63) is 59.2 Å². The molecule has 2 aliphatic heterocycles. The second-order valence-corrected chi connectivity index (χ2v) is 11.1. The molecule has 0 unspecified atom stereocenters. The van der Waals surface area contributed by atoms with Gasteiger partial charge in [-0.05, 0) is 73.2 Å². The second-order valence-electron chi connectivity index (χ2n) is 8.96. The Labute approximate surface area is 185 Å². The summed E-state index contributed by atoms with van der Waals surface area (Å²) < 4.78 is 26.0. The van der Waals surface area contributed by atoms with Crippen molar-refractivity contribution in [2.75, 3.05) is 38.6 Å². The number of anilines is 1. The van der Waals surface area contributed by atoms with Crippen LogP contribution in [0.3, 0.4) is 0 Å². The third-order valence-corrected chi connectivity index (χ3v) is 8.13. The molecule has 0 saturated carbocycles. The molecule has 166 valence electrons. The molecule has 4 rings (SSSR count). The summed E-state index contributed by atoms with van der Waals surface area (Å²) in [6.07, 6.45) is 3.22. The van der Waals surface area contributed by atoms with Crippen molar-refractivity contribution in [3.63, 3.8) is 0 Å². The molecule has 1 amide bonds. The second kappa shape index (κ2) is 8.73. The van der Waals surface area contributed by atoms with Crippen LogP contribution in [-0.4, -0.2) is 57.3 Å². The fraction of sp³-hybridized carbons (Fsp3) is 0.458. The van der Waals surface area contributed by atoms with Crippen molar-refractivity contribution in [2.45, 2.75) is 37.6 Å². The number of piperidine rings is 1. The van der Waals surface area contributed by atoms with Crippen molar-refractivity contribution in [1.82, 2.24) is 9.21 Å². The minimum atomic E-state index is -3.48. The van der Waals surface area contributed by atoms with Crippen LogP contribution < -0.4 is 4.90 Å². The number of rotatable bonds is 5. The summed E-state index contributed by atoms with van der Waals surface area (Å²) in [6.45, 7) is 6.07. The van der Waals surface area contributed by atoms with Crippen LogP contribution >= 0.6 is 0 Å². The minimum absolute atomic E-state index is 0.0416. The van der Waals surface area contributed by atoms with Gasteiger partial charge in [0.05, 0.1) is 4.90 Å². The minimum Gasteiger partial charge on any atom is -0.308 e. The van der Waals surface area contributed by atoms with E-state index in [1.165, 1.54) is 36.8 Å². The van der Waals surface area contributed by atoms with Gasteiger partial charge in [0, 0.05) is 45.0 Å². The first-order chi connectivity index (χ1) is 14.8. The molecule has 0 radical (unpaired) electrons. The van der Waals surface area contributed by atoms with Crippen LogP contribution in [0, 0.1) is 5.92 Å². The molecule has 0 N–H and O–H groups in total. The number of hydrogen-bond acceptors (Lipinski definition) is 4. The molecule has 1 atom stereocenters. The third-order valence-electron chi connectivity index (χ3n) is 6.32. The van der Waals surface area contributed by atoms with Gasteiger partial charge in [-0.1, -0.05) is 19.1 Å². The Balaban J connectivity index is 1.47. The standard InChI is InChI=1S/C24H31N3O3S/c1-18-5-4-13-26(16-18)17-19-6-8-20(9-7-19)24(28)27-14-12-21-15-22(10-11-23(21)27)31(29,30)25(2)3/h6-11,15,18H,4-5,12-14,16-17H2,1-3H3/t18-/m0/s1. The fourth-order valence-electron chi connectivity index (χ4n) is 4.56. The molecule has 0 aromatic heterocycles. The number of fused-ring (bicyclic) bond motifs is 1. The lowest BCUT2D eigenvalue weighted by Crippen LogP contribution is -2.33. The number of sulfonamides is 1. The Morgan fingerprint density at radius 3 is 2.52 bits per heavy atom. The summed E-state index contributed by atoms with van der Waals surface area (Å²) in [7, 11) is -0.440. The van der Waals surface area contributed by atoms with E-state index in [9.17, 15) is 13.2 Å². The Hall–Kier alpha value is -2.22. The van der Waals surface area contributed by atoms with Gasteiger partial charge in [-0.2, -0.15) is 0 Å². The predicted molar refractivity (Wildman–Crippen MR) is 123 cm³/mol. The maximum absolute atomic E-state index is 13.1. The molecule has 1 fully saturated rings. The van der Waals surface area contributed by atoms with Crippen LogP contribution in [0.25, 0.3) is 0 Å². The topological polar surface area (TPSA) is 60.9 Å². The van der Waals surface area contributed by atoms with E-state index in [-0.39, 0.29) is 10.8 Å². The zero-order chi connectivity index (χ0) is 22.2. The van der Waals surface area contributed by atoms with Crippen LogP contribution in [0.15, 0.2) is 47.4 Å². The van der Waals surface area contributed by atoms with E-state index in [2.05, 4.69) is 24.0 Å². The van der Waals surface area contributed by atoms with E-state index in [4.69, 9.17) is 0 Å². The summed E-state index contributed by atoms with van der Waals surface area (Å²) in [5, 5.41) is 0. The molecular formula is C24H31N3O3S. The molecule has 0 aliphatic carbocycles. The average Bonchev–Trinajstić information content (AvgIpc) is 3.17. The Bertz CT molecular complexity index is 1060. The van der Waals surface area contributed by atoms with Crippen LogP contribution in [0.5, 0.6) is 0 Å². The summed E-state index contributed by atoms with van der Waals surface area (Å²) in [6, 6.07) is 13.0. The maximum atomic E-state index is 13.1. The third kappa shape index (κ3) is 4.54. The highest BCUT2D eigenvalue weighted by Gasteiger charge is 2.28. The van der Waals surface area contributed by atoms with Gasteiger partial charge in [-0.15, -0.1) is 0 Å². The first kappa shape index (κ1) is 22.0. The highest BCUT2D eigenvalue weighted by atomic mass is 32.2.